The molecule has 0 amide bonds. The Labute approximate surface area is 124 Å². The van der Waals surface area contributed by atoms with Crippen LogP contribution in [0.5, 0.6) is 5.75 Å². The Hall–Kier alpha value is -0.320. The third-order valence-corrected chi connectivity index (χ3v) is 6.79. The quantitative estimate of drug-likeness (QED) is 0.915. The molecular formula is C15H22O2S2. The van der Waals surface area contributed by atoms with Gasteiger partial charge in [0.2, 0.25) is 0 Å². The van der Waals surface area contributed by atoms with E-state index in [0.29, 0.717) is 0 Å². The monoisotopic (exact) mass is 298 g/mol. The number of aliphatic hydroxyl groups excluding tert-OH is 1. The van der Waals surface area contributed by atoms with Crippen LogP contribution in [0.25, 0.3) is 0 Å². The Kier molecular flexibility index (Phi) is 5.09. The van der Waals surface area contributed by atoms with Crippen LogP contribution >= 0.6 is 23.5 Å². The number of aryl methyl sites for hydroxylation is 1. The predicted molar refractivity (Wildman–Crippen MR) is 85.2 cm³/mol. The standard InChI is InChI=1S/C15H22O2S2/c1-11-9-13(5-6-14(11)17-3)15(10-12(2)16)18-7-4-8-19-15/h5-6,9,12,16H,4,7-8,10H2,1-3H3. The molecule has 1 unspecified atom stereocenters. The van der Waals surface area contributed by atoms with E-state index in [-0.39, 0.29) is 10.2 Å². The van der Waals surface area contributed by atoms with Crippen molar-refractivity contribution in [2.24, 2.45) is 0 Å². The fourth-order valence-electron chi connectivity index (χ4n) is 2.48. The summed E-state index contributed by atoms with van der Waals surface area (Å²) >= 11 is 3.95. The molecule has 0 saturated carbocycles. The van der Waals surface area contributed by atoms with Crippen LogP contribution in [0.1, 0.15) is 30.9 Å². The molecule has 19 heavy (non-hydrogen) atoms. The molecule has 0 spiro atoms. The average molecular weight is 298 g/mol. The van der Waals surface area contributed by atoms with Gasteiger partial charge in [0.25, 0.3) is 0 Å². The van der Waals surface area contributed by atoms with Gasteiger partial charge in [0, 0.05) is 6.42 Å². The lowest BCUT2D eigenvalue weighted by atomic mass is 10.0. The Bertz CT molecular complexity index is 426. The number of rotatable bonds is 4. The number of benzene rings is 1. The van der Waals surface area contributed by atoms with E-state index in [1.165, 1.54) is 23.5 Å². The van der Waals surface area contributed by atoms with Crippen molar-refractivity contribution in [3.63, 3.8) is 0 Å². The summed E-state index contributed by atoms with van der Waals surface area (Å²) in [5.41, 5.74) is 2.47. The van der Waals surface area contributed by atoms with Crippen molar-refractivity contribution in [2.45, 2.75) is 36.9 Å². The highest BCUT2D eigenvalue weighted by Gasteiger charge is 2.37. The molecule has 1 saturated heterocycles. The number of hydrogen-bond acceptors (Lipinski definition) is 4. The first-order chi connectivity index (χ1) is 9.07. The van der Waals surface area contributed by atoms with Crippen LogP contribution < -0.4 is 4.74 Å². The number of aliphatic hydroxyl groups is 1. The lowest BCUT2D eigenvalue weighted by Gasteiger charge is -2.37. The molecule has 1 N–H and O–H groups in total. The molecular weight excluding hydrogens is 276 g/mol. The summed E-state index contributed by atoms with van der Waals surface area (Å²) in [5, 5.41) is 9.85. The number of methoxy groups -OCH3 is 1. The third-order valence-electron chi connectivity index (χ3n) is 3.36. The van der Waals surface area contributed by atoms with E-state index in [9.17, 15) is 5.11 Å². The highest BCUT2D eigenvalue weighted by atomic mass is 32.2. The van der Waals surface area contributed by atoms with Crippen LogP contribution in [0.3, 0.4) is 0 Å². The number of thioether (sulfide) groups is 2. The second kappa shape index (κ2) is 6.42. The minimum Gasteiger partial charge on any atom is -0.496 e. The van der Waals surface area contributed by atoms with E-state index in [0.717, 1.165) is 17.7 Å². The summed E-state index contributed by atoms with van der Waals surface area (Å²) in [6, 6.07) is 6.41. The van der Waals surface area contributed by atoms with Crippen LogP contribution in [-0.4, -0.2) is 29.8 Å². The Balaban J connectivity index is 2.34. The molecule has 106 valence electrons. The van der Waals surface area contributed by atoms with Gasteiger partial charge >= 0.3 is 0 Å². The SMILES string of the molecule is COc1ccc(C2(CC(C)O)SCCCS2)cc1C. The summed E-state index contributed by atoms with van der Waals surface area (Å²) < 4.78 is 5.34. The molecule has 0 radical (unpaired) electrons. The molecule has 1 aliphatic rings. The van der Waals surface area contributed by atoms with E-state index >= 15 is 0 Å². The predicted octanol–water partition coefficient (Wildman–Crippen LogP) is 3.80. The van der Waals surface area contributed by atoms with Crippen molar-refractivity contribution in [1.29, 1.82) is 0 Å². The molecule has 1 fully saturated rings. The molecule has 2 nitrogen and oxygen atoms in total. The molecule has 0 aromatic heterocycles. The van der Waals surface area contributed by atoms with Crippen molar-refractivity contribution in [2.75, 3.05) is 18.6 Å². The maximum atomic E-state index is 9.85. The van der Waals surface area contributed by atoms with Gasteiger partial charge in [-0.15, -0.1) is 23.5 Å². The first-order valence-corrected chi connectivity index (χ1v) is 8.65. The summed E-state index contributed by atoms with van der Waals surface area (Å²) in [5.74, 6) is 3.28. The normalized spacial score (nSPS) is 20.0. The van der Waals surface area contributed by atoms with Crippen molar-refractivity contribution >= 4 is 23.5 Å². The molecule has 1 heterocycles. The van der Waals surface area contributed by atoms with Crippen LogP contribution in [0.4, 0.5) is 0 Å². The van der Waals surface area contributed by atoms with Crippen LogP contribution in [-0.2, 0) is 4.08 Å². The minimum absolute atomic E-state index is 0.00342. The van der Waals surface area contributed by atoms with Gasteiger partial charge in [0.05, 0.1) is 17.3 Å². The lowest BCUT2D eigenvalue weighted by molar-refractivity contribution is 0.180. The molecule has 1 atom stereocenters. The van der Waals surface area contributed by atoms with E-state index in [1.807, 2.05) is 36.5 Å². The molecule has 1 aromatic carbocycles. The van der Waals surface area contributed by atoms with Gasteiger partial charge in [-0.25, -0.2) is 0 Å². The van der Waals surface area contributed by atoms with Gasteiger partial charge in [-0.05, 0) is 49.0 Å². The Morgan fingerprint density at radius 1 is 1.37 bits per heavy atom. The second-order valence-corrected chi connectivity index (χ2v) is 8.09. The fourth-order valence-corrected chi connectivity index (χ4v) is 6.04. The van der Waals surface area contributed by atoms with E-state index < -0.39 is 0 Å². The molecule has 1 aliphatic heterocycles. The first-order valence-electron chi connectivity index (χ1n) is 6.68. The van der Waals surface area contributed by atoms with Gasteiger partial charge in [0.1, 0.15) is 5.75 Å². The van der Waals surface area contributed by atoms with Gasteiger partial charge in [0.15, 0.2) is 0 Å². The molecule has 1 aromatic rings. The highest BCUT2D eigenvalue weighted by molar-refractivity contribution is 8.18. The zero-order valence-electron chi connectivity index (χ0n) is 11.8. The van der Waals surface area contributed by atoms with Crippen molar-refractivity contribution in [3.05, 3.63) is 29.3 Å². The summed E-state index contributed by atoms with van der Waals surface area (Å²) in [7, 11) is 1.71. The van der Waals surface area contributed by atoms with Crippen molar-refractivity contribution < 1.29 is 9.84 Å². The summed E-state index contributed by atoms with van der Waals surface area (Å²) in [4.78, 5) is 0. The maximum absolute atomic E-state index is 9.85. The summed E-state index contributed by atoms with van der Waals surface area (Å²) in [6.45, 7) is 3.96. The average Bonchev–Trinajstić information content (AvgIpc) is 2.39. The van der Waals surface area contributed by atoms with Crippen LogP contribution in [0, 0.1) is 6.92 Å². The zero-order chi connectivity index (χ0) is 13.9. The lowest BCUT2D eigenvalue weighted by Crippen LogP contribution is -2.27. The number of ether oxygens (including phenoxy) is 1. The first kappa shape index (κ1) is 15.1. The van der Waals surface area contributed by atoms with Gasteiger partial charge in [-0.2, -0.15) is 0 Å². The van der Waals surface area contributed by atoms with E-state index in [1.54, 1.807) is 7.11 Å². The smallest absolute Gasteiger partial charge is 0.121 e. The van der Waals surface area contributed by atoms with Gasteiger partial charge in [-0.1, -0.05) is 12.1 Å². The topological polar surface area (TPSA) is 29.5 Å². The van der Waals surface area contributed by atoms with E-state index in [2.05, 4.69) is 19.1 Å². The fraction of sp³-hybridized carbons (Fsp3) is 0.600. The molecule has 4 heteroatoms. The van der Waals surface area contributed by atoms with Crippen LogP contribution in [0.15, 0.2) is 18.2 Å². The second-order valence-electron chi connectivity index (χ2n) is 5.04. The Morgan fingerprint density at radius 3 is 2.58 bits per heavy atom. The molecule has 0 bridgehead atoms. The van der Waals surface area contributed by atoms with Gasteiger partial charge < -0.3 is 9.84 Å². The van der Waals surface area contributed by atoms with E-state index in [4.69, 9.17) is 4.74 Å². The zero-order valence-corrected chi connectivity index (χ0v) is 13.4. The maximum Gasteiger partial charge on any atom is 0.121 e. The third kappa shape index (κ3) is 3.41. The largest absolute Gasteiger partial charge is 0.496 e. The van der Waals surface area contributed by atoms with Crippen LogP contribution in [0.2, 0.25) is 0 Å². The Morgan fingerprint density at radius 2 is 2.05 bits per heavy atom. The van der Waals surface area contributed by atoms with Gasteiger partial charge in [-0.3, -0.25) is 0 Å². The molecule has 0 aliphatic carbocycles. The number of hydrogen-bond donors (Lipinski definition) is 1. The van der Waals surface area contributed by atoms with Crippen molar-refractivity contribution in [3.8, 4) is 5.75 Å². The molecule has 2 rings (SSSR count). The summed E-state index contributed by atoms with van der Waals surface area (Å²) in [6.07, 6.45) is 1.78. The highest BCUT2D eigenvalue weighted by Crippen LogP contribution is 2.53. The minimum atomic E-state index is -0.277. The van der Waals surface area contributed by atoms with Crippen molar-refractivity contribution in [1.82, 2.24) is 0 Å².